The quantitative estimate of drug-likeness (QED) is 0.535. The lowest BCUT2D eigenvalue weighted by Crippen LogP contribution is -2.30. The van der Waals surface area contributed by atoms with Crippen LogP contribution in [0.5, 0.6) is 11.6 Å². The number of aliphatic hydroxyl groups is 1. The molecule has 2 aliphatic rings. The first-order valence-corrected chi connectivity index (χ1v) is 9.12. The van der Waals surface area contributed by atoms with E-state index in [0.29, 0.717) is 18.3 Å². The summed E-state index contributed by atoms with van der Waals surface area (Å²) in [6.45, 7) is 2.26. The van der Waals surface area contributed by atoms with E-state index in [1.807, 2.05) is 13.0 Å². The van der Waals surface area contributed by atoms with Gasteiger partial charge in [-0.15, -0.1) is 0 Å². The minimum absolute atomic E-state index is 0. The molecule has 0 amide bonds. The van der Waals surface area contributed by atoms with Gasteiger partial charge >= 0.3 is 7.12 Å². The van der Waals surface area contributed by atoms with Gasteiger partial charge in [-0.3, -0.25) is 4.79 Å². The van der Waals surface area contributed by atoms with Gasteiger partial charge in [-0.05, 0) is 54.3 Å². The van der Waals surface area contributed by atoms with E-state index in [2.05, 4.69) is 9.97 Å². The number of rotatable bonds is 7. The first kappa shape index (κ1) is 20.8. The number of aliphatic hydroxyl groups excluding tert-OH is 1. The zero-order valence-electron chi connectivity index (χ0n) is 15.6. The van der Waals surface area contributed by atoms with Gasteiger partial charge < -0.3 is 19.5 Å². The summed E-state index contributed by atoms with van der Waals surface area (Å²) in [4.78, 5) is 20.7. The molecule has 1 aromatic carbocycles. The van der Waals surface area contributed by atoms with E-state index < -0.39 is 7.12 Å². The van der Waals surface area contributed by atoms with E-state index in [4.69, 9.17) is 9.39 Å². The van der Waals surface area contributed by atoms with Gasteiger partial charge in [0.1, 0.15) is 11.4 Å². The monoisotopic (exact) mass is 402 g/mol. The van der Waals surface area contributed by atoms with Crippen LogP contribution in [0.2, 0.25) is 0 Å². The normalized spacial score (nSPS) is 16.3. The average molecular weight is 402 g/mol. The molecule has 0 saturated heterocycles. The highest BCUT2D eigenvalue weighted by Crippen LogP contribution is 2.38. The Morgan fingerprint density at radius 1 is 1.36 bits per heavy atom. The van der Waals surface area contributed by atoms with Crippen LogP contribution in [-0.2, 0) is 11.3 Å². The molecule has 148 valence electrons. The molecule has 4 rings (SSSR count). The van der Waals surface area contributed by atoms with Gasteiger partial charge in [-0.25, -0.2) is 9.97 Å². The average Bonchev–Trinajstić information content (AvgIpc) is 3.45. The molecule has 1 aliphatic carbocycles. The van der Waals surface area contributed by atoms with Crippen molar-refractivity contribution in [3.05, 3.63) is 41.3 Å². The van der Waals surface area contributed by atoms with Gasteiger partial charge in [-0.1, -0.05) is 6.07 Å². The highest BCUT2D eigenvalue weighted by atomic mass is 32.1. The number of ketones is 1. The minimum Gasteiger partial charge on any atom is -0.437 e. The van der Waals surface area contributed by atoms with Crippen LogP contribution in [0.3, 0.4) is 0 Å². The van der Waals surface area contributed by atoms with Crippen molar-refractivity contribution >= 4 is 31.9 Å². The lowest BCUT2D eigenvalue weighted by molar-refractivity contribution is 0.0919. The number of ether oxygens (including phenoxy) is 1. The summed E-state index contributed by atoms with van der Waals surface area (Å²) >= 11 is 0. The molecule has 2 aromatic rings. The summed E-state index contributed by atoms with van der Waals surface area (Å²) in [5, 5.41) is 19.3. The number of benzene rings is 1. The van der Waals surface area contributed by atoms with Gasteiger partial charge in [0.25, 0.3) is 0 Å². The Balaban J connectivity index is 0.00000225. The van der Waals surface area contributed by atoms with E-state index in [1.54, 1.807) is 6.07 Å². The summed E-state index contributed by atoms with van der Waals surface area (Å²) in [5.74, 6) is 1.17. The third kappa shape index (κ3) is 4.22. The maximum absolute atomic E-state index is 12.3. The standard InChI is InChI=1S/C19H21BN2O5.H2S/c1-11-17(5-4-13-10-26-20(25)19(11)13)27-18-8-21-15(7-22-18)16(24)6-14(9-23)12-2-3-12;/h4-5,7-8,12,14,23,25H,2-3,6,9-10H2,1H3;1H2/t14-;/m1./s1. The van der Waals surface area contributed by atoms with E-state index >= 15 is 0 Å². The summed E-state index contributed by atoms with van der Waals surface area (Å²) in [5.41, 5.74) is 2.72. The summed E-state index contributed by atoms with van der Waals surface area (Å²) in [7, 11) is -0.944. The number of hydrogen-bond acceptors (Lipinski definition) is 7. The van der Waals surface area contributed by atoms with Crippen molar-refractivity contribution in [1.82, 2.24) is 9.97 Å². The SMILES string of the molecule is Cc1c(Oc2cnc(C(=O)C[C@H](CO)C3CC3)cn2)ccc2c1B(O)OC2.S. The van der Waals surface area contributed by atoms with Crippen LogP contribution in [-0.4, -0.2) is 39.6 Å². The molecule has 2 heterocycles. The topological polar surface area (TPSA) is 102 Å². The molecular weight excluding hydrogens is 379 g/mol. The Morgan fingerprint density at radius 3 is 2.79 bits per heavy atom. The smallest absolute Gasteiger partial charge is 0.437 e. The Morgan fingerprint density at radius 2 is 2.14 bits per heavy atom. The first-order chi connectivity index (χ1) is 13.1. The first-order valence-electron chi connectivity index (χ1n) is 9.12. The molecule has 1 saturated carbocycles. The molecule has 2 N–H and O–H groups in total. The van der Waals surface area contributed by atoms with Crippen molar-refractivity contribution in [3.63, 3.8) is 0 Å². The lowest BCUT2D eigenvalue weighted by atomic mass is 9.76. The predicted molar refractivity (Wildman–Crippen MR) is 108 cm³/mol. The van der Waals surface area contributed by atoms with E-state index in [9.17, 15) is 14.9 Å². The molecule has 28 heavy (non-hydrogen) atoms. The summed E-state index contributed by atoms with van der Waals surface area (Å²) < 4.78 is 11.0. The predicted octanol–water partition coefficient (Wildman–Crippen LogP) is 1.50. The Bertz CT molecular complexity index is 860. The number of hydrogen-bond donors (Lipinski definition) is 2. The maximum atomic E-state index is 12.3. The highest BCUT2D eigenvalue weighted by molar-refractivity contribution is 7.59. The molecule has 9 heteroatoms. The van der Waals surface area contributed by atoms with Crippen molar-refractivity contribution < 1.29 is 24.3 Å². The fraction of sp³-hybridized carbons (Fsp3) is 0.421. The van der Waals surface area contributed by atoms with Crippen LogP contribution >= 0.6 is 13.5 Å². The largest absolute Gasteiger partial charge is 0.492 e. The van der Waals surface area contributed by atoms with Crippen LogP contribution in [0.4, 0.5) is 0 Å². The Kier molecular flexibility index (Phi) is 6.39. The van der Waals surface area contributed by atoms with Gasteiger partial charge in [0.05, 0.1) is 19.0 Å². The third-order valence-corrected chi connectivity index (χ3v) is 5.30. The highest BCUT2D eigenvalue weighted by Gasteiger charge is 2.33. The number of nitrogens with zero attached hydrogens (tertiary/aromatic N) is 2. The number of carbonyl (C=O) groups excluding carboxylic acids is 1. The van der Waals surface area contributed by atoms with Crippen molar-refractivity contribution in [2.24, 2.45) is 11.8 Å². The number of fused-ring (bicyclic) bond motifs is 1. The molecule has 7 nitrogen and oxygen atoms in total. The van der Waals surface area contributed by atoms with E-state index in [-0.39, 0.29) is 49.8 Å². The van der Waals surface area contributed by atoms with Crippen molar-refractivity contribution in [2.45, 2.75) is 32.8 Å². The number of carbonyl (C=O) groups is 1. The lowest BCUT2D eigenvalue weighted by Gasteiger charge is -2.12. The van der Waals surface area contributed by atoms with Crippen molar-refractivity contribution in [1.29, 1.82) is 0 Å². The van der Waals surface area contributed by atoms with Crippen LogP contribution in [0, 0.1) is 18.8 Å². The summed E-state index contributed by atoms with van der Waals surface area (Å²) in [6, 6.07) is 3.66. The van der Waals surface area contributed by atoms with Crippen molar-refractivity contribution in [3.8, 4) is 11.6 Å². The van der Waals surface area contributed by atoms with E-state index in [0.717, 1.165) is 29.4 Å². The zero-order valence-corrected chi connectivity index (χ0v) is 16.6. The van der Waals surface area contributed by atoms with Crippen LogP contribution in [0.1, 0.15) is 40.9 Å². The molecule has 0 radical (unpaired) electrons. The molecule has 0 bridgehead atoms. The fourth-order valence-corrected chi connectivity index (χ4v) is 3.51. The molecule has 1 aromatic heterocycles. The van der Waals surface area contributed by atoms with Crippen LogP contribution in [0.15, 0.2) is 24.5 Å². The zero-order chi connectivity index (χ0) is 19.0. The third-order valence-electron chi connectivity index (χ3n) is 5.30. The van der Waals surface area contributed by atoms with Crippen LogP contribution in [0.25, 0.3) is 0 Å². The minimum atomic E-state index is -0.944. The molecule has 0 unspecified atom stereocenters. The Hall–Kier alpha value is -1.94. The summed E-state index contributed by atoms with van der Waals surface area (Å²) in [6.07, 6.45) is 5.27. The number of aromatic nitrogens is 2. The van der Waals surface area contributed by atoms with Crippen molar-refractivity contribution in [2.75, 3.05) is 6.61 Å². The molecular formula is C19H23BN2O5S. The van der Waals surface area contributed by atoms with Gasteiger partial charge in [0.15, 0.2) is 5.78 Å². The second-order valence-corrected chi connectivity index (χ2v) is 7.17. The Labute approximate surface area is 170 Å². The molecule has 1 fully saturated rings. The van der Waals surface area contributed by atoms with Crippen LogP contribution < -0.4 is 10.2 Å². The second-order valence-electron chi connectivity index (χ2n) is 7.17. The fourth-order valence-electron chi connectivity index (χ4n) is 3.51. The second kappa shape index (κ2) is 8.61. The van der Waals surface area contributed by atoms with Gasteiger partial charge in [0, 0.05) is 13.0 Å². The van der Waals surface area contributed by atoms with E-state index in [1.165, 1.54) is 12.4 Å². The van der Waals surface area contributed by atoms with Gasteiger partial charge in [-0.2, -0.15) is 13.5 Å². The molecule has 1 aliphatic heterocycles. The molecule has 1 atom stereocenters. The molecule has 0 spiro atoms. The van der Waals surface area contributed by atoms with Gasteiger partial charge in [0.2, 0.25) is 5.88 Å². The number of Topliss-reactive ketones (excluding diaryl/α,β-unsaturated/α-hetero) is 1. The maximum Gasteiger partial charge on any atom is 0.492 e.